The normalized spacial score (nSPS) is 12.5. The first kappa shape index (κ1) is 15.1. The number of benzene rings is 2. The van der Waals surface area contributed by atoms with E-state index in [0.29, 0.717) is 5.92 Å². The van der Waals surface area contributed by atoms with Gasteiger partial charge in [0.1, 0.15) is 0 Å². The maximum atomic E-state index is 9.15. The van der Waals surface area contributed by atoms with Crippen LogP contribution in [0, 0.1) is 11.3 Å². The predicted molar refractivity (Wildman–Crippen MR) is 88.4 cm³/mol. The predicted octanol–water partition coefficient (Wildman–Crippen LogP) is 4.70. The second-order valence-corrected chi connectivity index (χ2v) is 6.01. The molecule has 0 saturated carbocycles. The fraction of sp³-hybridized carbons (Fsp3) is 0.316. The Morgan fingerprint density at radius 1 is 1.05 bits per heavy atom. The molecule has 2 nitrogen and oxygen atoms in total. The molecule has 1 atom stereocenters. The van der Waals surface area contributed by atoms with Crippen molar-refractivity contribution < 1.29 is 0 Å². The van der Waals surface area contributed by atoms with E-state index in [9.17, 15) is 0 Å². The molecule has 2 aromatic rings. The van der Waals surface area contributed by atoms with Gasteiger partial charge in [-0.3, -0.25) is 0 Å². The van der Waals surface area contributed by atoms with Crippen LogP contribution < -0.4 is 5.32 Å². The van der Waals surface area contributed by atoms with E-state index in [1.807, 2.05) is 44.2 Å². The first-order valence-corrected chi connectivity index (χ1v) is 7.33. The van der Waals surface area contributed by atoms with Crippen molar-refractivity contribution >= 4 is 5.69 Å². The minimum atomic E-state index is -0.435. The highest BCUT2D eigenvalue weighted by molar-refractivity contribution is 5.47. The van der Waals surface area contributed by atoms with Gasteiger partial charge in [0, 0.05) is 12.2 Å². The van der Waals surface area contributed by atoms with E-state index >= 15 is 0 Å². The van der Waals surface area contributed by atoms with Gasteiger partial charge >= 0.3 is 0 Å². The van der Waals surface area contributed by atoms with Crippen LogP contribution in [-0.2, 0) is 5.41 Å². The highest BCUT2D eigenvalue weighted by Gasteiger charge is 2.19. The summed E-state index contributed by atoms with van der Waals surface area (Å²) >= 11 is 0. The molecule has 2 heteroatoms. The second-order valence-electron chi connectivity index (χ2n) is 6.01. The molecule has 108 valence electrons. The summed E-state index contributed by atoms with van der Waals surface area (Å²) < 4.78 is 0. The zero-order chi connectivity index (χ0) is 15.3. The molecule has 0 radical (unpaired) electrons. The quantitative estimate of drug-likeness (QED) is 0.860. The van der Waals surface area contributed by atoms with E-state index in [1.165, 1.54) is 5.56 Å². The highest BCUT2D eigenvalue weighted by Crippen LogP contribution is 2.24. The van der Waals surface area contributed by atoms with Crippen molar-refractivity contribution in [2.45, 2.75) is 32.1 Å². The Morgan fingerprint density at radius 3 is 2.24 bits per heavy atom. The number of rotatable bonds is 5. The minimum absolute atomic E-state index is 0.435. The van der Waals surface area contributed by atoms with Crippen LogP contribution >= 0.6 is 0 Å². The maximum Gasteiger partial charge on any atom is 0.0766 e. The van der Waals surface area contributed by atoms with Crippen molar-refractivity contribution in [3.63, 3.8) is 0 Å². The molecule has 0 aromatic heterocycles. The SMILES string of the molecule is CC(CNc1ccc(C(C)(C)C#N)cc1)c1ccccc1. The Bertz CT molecular complexity index is 606. The molecular weight excluding hydrogens is 256 g/mol. The Labute approximate surface area is 127 Å². The minimum Gasteiger partial charge on any atom is -0.384 e. The van der Waals surface area contributed by atoms with Crippen LogP contribution in [0.15, 0.2) is 54.6 Å². The van der Waals surface area contributed by atoms with Crippen molar-refractivity contribution in [1.29, 1.82) is 5.26 Å². The van der Waals surface area contributed by atoms with Crippen LogP contribution in [0.4, 0.5) is 5.69 Å². The molecule has 1 unspecified atom stereocenters. The van der Waals surface area contributed by atoms with E-state index in [0.717, 1.165) is 17.8 Å². The summed E-state index contributed by atoms with van der Waals surface area (Å²) in [6, 6.07) is 21.0. The molecule has 2 rings (SSSR count). The van der Waals surface area contributed by atoms with Crippen LogP contribution in [0.2, 0.25) is 0 Å². The average Bonchev–Trinajstić information content (AvgIpc) is 2.54. The summed E-state index contributed by atoms with van der Waals surface area (Å²) in [5.41, 5.74) is 3.05. The van der Waals surface area contributed by atoms with Crippen LogP contribution in [0.5, 0.6) is 0 Å². The van der Waals surface area contributed by atoms with Gasteiger partial charge in [-0.15, -0.1) is 0 Å². The van der Waals surface area contributed by atoms with Gasteiger partial charge in [0.05, 0.1) is 11.5 Å². The molecule has 0 aliphatic heterocycles. The summed E-state index contributed by atoms with van der Waals surface area (Å²) in [5.74, 6) is 0.460. The van der Waals surface area contributed by atoms with Crippen molar-refractivity contribution in [1.82, 2.24) is 0 Å². The smallest absolute Gasteiger partial charge is 0.0766 e. The molecule has 0 aliphatic carbocycles. The topological polar surface area (TPSA) is 35.8 Å². The zero-order valence-corrected chi connectivity index (χ0v) is 12.9. The molecule has 1 N–H and O–H groups in total. The number of nitrogens with one attached hydrogen (secondary N) is 1. The summed E-state index contributed by atoms with van der Waals surface area (Å²) in [6.45, 7) is 6.99. The Hall–Kier alpha value is -2.27. The Morgan fingerprint density at radius 2 is 1.67 bits per heavy atom. The number of nitrogens with zero attached hydrogens (tertiary/aromatic N) is 1. The maximum absolute atomic E-state index is 9.15. The third-order valence-corrected chi connectivity index (χ3v) is 3.87. The Balaban J connectivity index is 1.97. The summed E-state index contributed by atoms with van der Waals surface area (Å²) in [5, 5.41) is 12.6. The fourth-order valence-corrected chi connectivity index (χ4v) is 2.24. The third-order valence-electron chi connectivity index (χ3n) is 3.87. The first-order valence-electron chi connectivity index (χ1n) is 7.33. The molecule has 0 amide bonds. The number of nitriles is 1. The lowest BCUT2D eigenvalue weighted by molar-refractivity contribution is 0.687. The lowest BCUT2D eigenvalue weighted by Crippen LogP contribution is -2.14. The van der Waals surface area contributed by atoms with E-state index in [2.05, 4.69) is 42.6 Å². The van der Waals surface area contributed by atoms with Crippen LogP contribution in [-0.4, -0.2) is 6.54 Å². The lowest BCUT2D eigenvalue weighted by Gasteiger charge is -2.17. The van der Waals surface area contributed by atoms with Gasteiger partial charge in [-0.25, -0.2) is 0 Å². The number of hydrogen-bond donors (Lipinski definition) is 1. The van der Waals surface area contributed by atoms with Gasteiger partial charge in [-0.1, -0.05) is 49.4 Å². The van der Waals surface area contributed by atoms with Crippen molar-refractivity contribution in [2.24, 2.45) is 0 Å². The van der Waals surface area contributed by atoms with E-state index in [-0.39, 0.29) is 0 Å². The van der Waals surface area contributed by atoms with Gasteiger partial charge in [-0.05, 0) is 43.0 Å². The van der Waals surface area contributed by atoms with Crippen molar-refractivity contribution in [2.75, 3.05) is 11.9 Å². The highest BCUT2D eigenvalue weighted by atomic mass is 14.9. The number of hydrogen-bond acceptors (Lipinski definition) is 2. The van der Waals surface area contributed by atoms with Gasteiger partial charge in [0.25, 0.3) is 0 Å². The summed E-state index contributed by atoms with van der Waals surface area (Å²) in [4.78, 5) is 0. The molecule has 0 bridgehead atoms. The summed E-state index contributed by atoms with van der Waals surface area (Å²) in [7, 11) is 0. The van der Waals surface area contributed by atoms with Gasteiger partial charge < -0.3 is 5.32 Å². The third kappa shape index (κ3) is 3.86. The molecule has 0 saturated heterocycles. The molecule has 0 spiro atoms. The Kier molecular flexibility index (Phi) is 4.65. The molecule has 0 fully saturated rings. The standard InChI is InChI=1S/C19H22N2/c1-15(16-7-5-4-6-8-16)13-21-18-11-9-17(10-12-18)19(2,3)14-20/h4-12,15,21H,13H2,1-3H3. The van der Waals surface area contributed by atoms with Gasteiger partial charge in [0.2, 0.25) is 0 Å². The average molecular weight is 278 g/mol. The van der Waals surface area contributed by atoms with E-state index < -0.39 is 5.41 Å². The molecular formula is C19H22N2. The van der Waals surface area contributed by atoms with Gasteiger partial charge in [-0.2, -0.15) is 5.26 Å². The summed E-state index contributed by atoms with van der Waals surface area (Å²) in [6.07, 6.45) is 0. The largest absolute Gasteiger partial charge is 0.384 e. The van der Waals surface area contributed by atoms with Crippen molar-refractivity contribution in [3.8, 4) is 6.07 Å². The lowest BCUT2D eigenvalue weighted by atomic mass is 9.86. The first-order chi connectivity index (χ1) is 10.0. The van der Waals surface area contributed by atoms with E-state index in [4.69, 9.17) is 5.26 Å². The molecule has 0 aliphatic rings. The molecule has 0 heterocycles. The van der Waals surface area contributed by atoms with E-state index in [1.54, 1.807) is 0 Å². The number of anilines is 1. The van der Waals surface area contributed by atoms with Crippen LogP contribution in [0.25, 0.3) is 0 Å². The van der Waals surface area contributed by atoms with Crippen LogP contribution in [0.1, 0.15) is 37.8 Å². The van der Waals surface area contributed by atoms with Crippen molar-refractivity contribution in [3.05, 3.63) is 65.7 Å². The second kappa shape index (κ2) is 6.45. The monoisotopic (exact) mass is 278 g/mol. The fourth-order valence-electron chi connectivity index (χ4n) is 2.24. The van der Waals surface area contributed by atoms with Gasteiger partial charge in [0.15, 0.2) is 0 Å². The molecule has 2 aromatic carbocycles. The van der Waals surface area contributed by atoms with Crippen LogP contribution in [0.3, 0.4) is 0 Å². The molecule has 21 heavy (non-hydrogen) atoms. The zero-order valence-electron chi connectivity index (χ0n) is 12.9.